The molecule has 0 aliphatic heterocycles. The number of benzene rings is 2. The van der Waals surface area contributed by atoms with E-state index in [4.69, 9.17) is 9.47 Å². The van der Waals surface area contributed by atoms with Crippen LogP contribution in [0.2, 0.25) is 0 Å². The highest BCUT2D eigenvalue weighted by atomic mass is 32.1. The van der Waals surface area contributed by atoms with Crippen molar-refractivity contribution in [1.29, 1.82) is 0 Å². The van der Waals surface area contributed by atoms with E-state index in [-0.39, 0.29) is 11.9 Å². The summed E-state index contributed by atoms with van der Waals surface area (Å²) in [5, 5.41) is 5.70. The largest absolute Gasteiger partial charge is 0.493 e. The molecule has 0 saturated heterocycles. The minimum atomic E-state index is -0.0536. The molecular weight excluding hydrogens is 442 g/mol. The molecule has 1 aliphatic carbocycles. The molecular formula is C29H35NO3S. The highest BCUT2D eigenvalue weighted by Crippen LogP contribution is 2.35. The maximum Gasteiger partial charge on any atom is 0.309 e. The molecule has 1 aliphatic rings. The summed E-state index contributed by atoms with van der Waals surface area (Å²) < 4.78 is 11.3. The average Bonchev–Trinajstić information content (AvgIpc) is 3.36. The van der Waals surface area contributed by atoms with Gasteiger partial charge in [-0.25, -0.2) is 0 Å². The van der Waals surface area contributed by atoms with Gasteiger partial charge in [-0.15, -0.1) is 11.3 Å². The third-order valence-electron chi connectivity index (χ3n) is 6.39. The number of esters is 1. The molecule has 4 nitrogen and oxygen atoms in total. The topological polar surface area (TPSA) is 47.6 Å². The summed E-state index contributed by atoms with van der Waals surface area (Å²) in [5.74, 6) is 0.963. The Kier molecular flexibility index (Phi) is 9.17. The number of aryl methyl sites for hydroxylation is 1. The quantitative estimate of drug-likeness (QED) is 0.221. The van der Waals surface area contributed by atoms with Gasteiger partial charge in [0, 0.05) is 23.0 Å². The molecule has 0 spiro atoms. The molecule has 0 unspecified atom stereocenters. The van der Waals surface area contributed by atoms with Crippen molar-refractivity contribution in [3.05, 3.63) is 77.2 Å². The van der Waals surface area contributed by atoms with Crippen LogP contribution in [0.3, 0.4) is 0 Å². The van der Waals surface area contributed by atoms with Gasteiger partial charge in [-0.3, -0.25) is 4.79 Å². The molecule has 180 valence electrons. The number of carbonyl (C=O) groups excluding carboxylic acids is 1. The van der Waals surface area contributed by atoms with Crippen LogP contribution in [0.5, 0.6) is 5.75 Å². The Morgan fingerprint density at radius 2 is 1.85 bits per heavy atom. The number of hydrogen-bond donors (Lipinski definition) is 1. The van der Waals surface area contributed by atoms with Crippen LogP contribution in [0.4, 0.5) is 0 Å². The first kappa shape index (κ1) is 24.5. The van der Waals surface area contributed by atoms with Gasteiger partial charge in [0.05, 0.1) is 19.1 Å². The van der Waals surface area contributed by atoms with E-state index in [2.05, 4.69) is 71.4 Å². The first-order valence-electron chi connectivity index (χ1n) is 12.5. The molecule has 1 saturated carbocycles. The second-order valence-corrected chi connectivity index (χ2v) is 9.90. The number of carbonyl (C=O) groups is 1. The van der Waals surface area contributed by atoms with Crippen molar-refractivity contribution in [2.75, 3.05) is 13.2 Å². The van der Waals surface area contributed by atoms with Gasteiger partial charge in [-0.05, 0) is 80.2 Å². The lowest BCUT2D eigenvalue weighted by Gasteiger charge is -2.34. The summed E-state index contributed by atoms with van der Waals surface area (Å²) in [6.45, 7) is 3.85. The van der Waals surface area contributed by atoms with Crippen LogP contribution in [-0.4, -0.2) is 25.2 Å². The molecule has 1 N–H and O–H groups in total. The lowest BCUT2D eigenvalue weighted by Crippen LogP contribution is -2.44. The Bertz CT molecular complexity index is 1010. The SMILES string of the molecule is CCOC(=O)C1CC(NCc2ccc(OCCCCCc3ccccc3)c(-c3cccs3)c2)C1. The lowest BCUT2D eigenvalue weighted by atomic mass is 9.80. The zero-order valence-electron chi connectivity index (χ0n) is 20.0. The molecule has 0 atom stereocenters. The van der Waals surface area contributed by atoms with E-state index in [0.29, 0.717) is 12.6 Å². The molecule has 1 heterocycles. The summed E-state index contributed by atoms with van der Waals surface area (Å²) in [6, 6.07) is 21.8. The summed E-state index contributed by atoms with van der Waals surface area (Å²) in [6.07, 6.45) is 6.27. The van der Waals surface area contributed by atoms with Crippen molar-refractivity contribution in [3.8, 4) is 16.2 Å². The van der Waals surface area contributed by atoms with Crippen molar-refractivity contribution in [1.82, 2.24) is 5.32 Å². The van der Waals surface area contributed by atoms with Crippen LogP contribution in [0.1, 0.15) is 50.2 Å². The van der Waals surface area contributed by atoms with E-state index in [1.165, 1.54) is 28.8 Å². The van der Waals surface area contributed by atoms with Gasteiger partial charge in [0.15, 0.2) is 0 Å². The fraction of sp³-hybridized carbons (Fsp3) is 0.414. The van der Waals surface area contributed by atoms with Crippen LogP contribution in [0, 0.1) is 5.92 Å². The Morgan fingerprint density at radius 1 is 1.00 bits per heavy atom. The maximum atomic E-state index is 11.8. The predicted molar refractivity (Wildman–Crippen MR) is 139 cm³/mol. The molecule has 5 heteroatoms. The van der Waals surface area contributed by atoms with Gasteiger partial charge in [0.1, 0.15) is 5.75 Å². The third kappa shape index (κ3) is 6.94. The van der Waals surface area contributed by atoms with E-state index in [0.717, 1.165) is 50.1 Å². The van der Waals surface area contributed by atoms with Gasteiger partial charge in [0.2, 0.25) is 0 Å². The van der Waals surface area contributed by atoms with E-state index < -0.39 is 0 Å². The van der Waals surface area contributed by atoms with Crippen molar-refractivity contribution >= 4 is 17.3 Å². The lowest BCUT2D eigenvalue weighted by molar-refractivity contribution is -0.151. The van der Waals surface area contributed by atoms with Crippen LogP contribution >= 0.6 is 11.3 Å². The van der Waals surface area contributed by atoms with Crippen LogP contribution in [0.25, 0.3) is 10.4 Å². The van der Waals surface area contributed by atoms with Gasteiger partial charge in [-0.1, -0.05) is 42.5 Å². The number of ether oxygens (including phenoxy) is 2. The highest BCUT2D eigenvalue weighted by molar-refractivity contribution is 7.13. The van der Waals surface area contributed by atoms with Crippen LogP contribution in [0.15, 0.2) is 66.0 Å². The van der Waals surface area contributed by atoms with Crippen LogP contribution in [-0.2, 0) is 22.5 Å². The summed E-state index contributed by atoms with van der Waals surface area (Å²) in [5.41, 5.74) is 3.81. The van der Waals surface area contributed by atoms with Crippen molar-refractivity contribution in [2.24, 2.45) is 5.92 Å². The zero-order chi connectivity index (χ0) is 23.6. The average molecular weight is 478 g/mol. The normalized spacial score (nSPS) is 17.2. The van der Waals surface area contributed by atoms with Gasteiger partial charge in [-0.2, -0.15) is 0 Å². The van der Waals surface area contributed by atoms with E-state index in [9.17, 15) is 4.79 Å². The van der Waals surface area contributed by atoms with Crippen molar-refractivity contribution < 1.29 is 14.3 Å². The summed E-state index contributed by atoms with van der Waals surface area (Å²) in [7, 11) is 0. The third-order valence-corrected chi connectivity index (χ3v) is 7.30. The fourth-order valence-electron chi connectivity index (χ4n) is 4.37. The second kappa shape index (κ2) is 12.7. The second-order valence-electron chi connectivity index (χ2n) is 8.95. The zero-order valence-corrected chi connectivity index (χ0v) is 20.8. The van der Waals surface area contributed by atoms with E-state index in [1.54, 1.807) is 11.3 Å². The number of unbranched alkanes of at least 4 members (excludes halogenated alkanes) is 2. The molecule has 1 fully saturated rings. The molecule has 0 radical (unpaired) electrons. The summed E-state index contributed by atoms with van der Waals surface area (Å²) in [4.78, 5) is 13.0. The maximum absolute atomic E-state index is 11.8. The number of thiophene rings is 1. The molecule has 34 heavy (non-hydrogen) atoms. The first-order chi connectivity index (χ1) is 16.7. The molecule has 2 aromatic carbocycles. The molecule has 1 aromatic heterocycles. The Hall–Kier alpha value is -2.63. The number of hydrogen-bond acceptors (Lipinski definition) is 5. The number of nitrogens with one attached hydrogen (secondary N) is 1. The van der Waals surface area contributed by atoms with E-state index >= 15 is 0 Å². The van der Waals surface area contributed by atoms with Gasteiger partial charge >= 0.3 is 5.97 Å². The minimum Gasteiger partial charge on any atom is -0.493 e. The van der Waals surface area contributed by atoms with E-state index in [1.807, 2.05) is 6.92 Å². The Balaban J connectivity index is 1.25. The molecule has 0 amide bonds. The van der Waals surface area contributed by atoms with Crippen LogP contribution < -0.4 is 10.1 Å². The highest BCUT2D eigenvalue weighted by Gasteiger charge is 2.35. The van der Waals surface area contributed by atoms with Crippen molar-refractivity contribution in [2.45, 2.75) is 58.0 Å². The minimum absolute atomic E-state index is 0.0536. The predicted octanol–water partition coefficient (Wildman–Crippen LogP) is 6.64. The monoisotopic (exact) mass is 477 g/mol. The molecule has 0 bridgehead atoms. The molecule has 4 rings (SSSR count). The molecule has 3 aromatic rings. The first-order valence-corrected chi connectivity index (χ1v) is 13.3. The standard InChI is InChI=1S/C29H35NO3S/c1-2-32-29(31)24-19-25(20-24)30-21-23-14-15-27(26(18-23)28-13-9-17-34-28)33-16-8-4-7-12-22-10-5-3-6-11-22/h3,5-6,9-11,13-15,17-18,24-25,30H,2,4,7-8,12,16,19-21H2,1H3. The fourth-order valence-corrected chi connectivity index (χ4v) is 5.12. The van der Waals surface area contributed by atoms with Gasteiger partial charge in [0.25, 0.3) is 0 Å². The smallest absolute Gasteiger partial charge is 0.309 e. The Morgan fingerprint density at radius 3 is 2.62 bits per heavy atom. The van der Waals surface area contributed by atoms with Gasteiger partial charge < -0.3 is 14.8 Å². The van der Waals surface area contributed by atoms with Crippen molar-refractivity contribution in [3.63, 3.8) is 0 Å². The summed E-state index contributed by atoms with van der Waals surface area (Å²) >= 11 is 1.74. The number of rotatable bonds is 13. The Labute approximate surface area is 207 Å².